The van der Waals surface area contributed by atoms with Gasteiger partial charge in [0, 0.05) is 36.1 Å². The summed E-state index contributed by atoms with van der Waals surface area (Å²) in [5.41, 5.74) is 1.80. The molecule has 30 heavy (non-hydrogen) atoms. The maximum Gasteiger partial charge on any atom is 0.230 e. The monoisotopic (exact) mass is 407 g/mol. The minimum atomic E-state index is -0.261. The molecule has 1 saturated heterocycles. The highest BCUT2D eigenvalue weighted by molar-refractivity contribution is 6.03. The van der Waals surface area contributed by atoms with Crippen LogP contribution in [0.15, 0.2) is 57.2 Å². The van der Waals surface area contributed by atoms with Gasteiger partial charge in [0.1, 0.15) is 5.60 Å². The Hall–Kier alpha value is -2.80. The van der Waals surface area contributed by atoms with E-state index in [0.29, 0.717) is 18.2 Å². The quantitative estimate of drug-likeness (QED) is 0.749. The zero-order chi connectivity index (χ0) is 21.0. The molecule has 0 aliphatic carbocycles. The highest BCUT2D eigenvalue weighted by Gasteiger charge is 2.26. The molecule has 158 valence electrons. The van der Waals surface area contributed by atoms with E-state index in [4.69, 9.17) is 9.26 Å². The normalized spacial score (nSPS) is 18.6. The Morgan fingerprint density at radius 2 is 1.80 bits per heavy atom. The molecule has 4 rings (SSSR count). The van der Waals surface area contributed by atoms with Crippen molar-refractivity contribution in [2.45, 2.75) is 51.6 Å². The highest BCUT2D eigenvalue weighted by Crippen LogP contribution is 2.28. The molecule has 0 bridgehead atoms. The van der Waals surface area contributed by atoms with Crippen LogP contribution in [0.4, 0.5) is 0 Å². The second-order valence-electron chi connectivity index (χ2n) is 8.78. The predicted molar refractivity (Wildman–Crippen MR) is 118 cm³/mol. The summed E-state index contributed by atoms with van der Waals surface area (Å²) < 4.78 is 11.5. The summed E-state index contributed by atoms with van der Waals surface area (Å²) in [4.78, 5) is 16.0. The van der Waals surface area contributed by atoms with Crippen molar-refractivity contribution in [3.63, 3.8) is 0 Å². The van der Waals surface area contributed by atoms with Crippen molar-refractivity contribution in [1.82, 2.24) is 15.0 Å². The number of rotatable bonds is 4. The Bertz CT molecular complexity index is 932. The van der Waals surface area contributed by atoms with Crippen molar-refractivity contribution in [2.24, 2.45) is 9.98 Å². The molecule has 1 aromatic carbocycles. The number of aromatic nitrogens is 2. The van der Waals surface area contributed by atoms with Gasteiger partial charge in [-0.25, -0.2) is 4.99 Å². The SMILES string of the molecule is CC(C)(C)OC1=NC=CN=C(CN2CCC(c3nc(-c4ccccc4)no3)CC2)C1. The molecule has 0 radical (unpaired) electrons. The summed E-state index contributed by atoms with van der Waals surface area (Å²) in [6, 6.07) is 9.95. The number of hydrogen-bond acceptors (Lipinski definition) is 7. The van der Waals surface area contributed by atoms with Crippen molar-refractivity contribution in [2.75, 3.05) is 19.6 Å². The fourth-order valence-corrected chi connectivity index (χ4v) is 3.74. The number of aliphatic imine (C=N–C) groups is 2. The maximum atomic E-state index is 5.96. The minimum Gasteiger partial charge on any atom is -0.475 e. The van der Waals surface area contributed by atoms with E-state index in [0.717, 1.165) is 55.5 Å². The molecule has 0 unspecified atom stereocenters. The molecule has 0 saturated carbocycles. The van der Waals surface area contributed by atoms with Crippen molar-refractivity contribution in [3.05, 3.63) is 48.6 Å². The molecule has 2 aliphatic rings. The molecule has 2 aromatic rings. The third kappa shape index (κ3) is 5.42. The Morgan fingerprint density at radius 1 is 1.07 bits per heavy atom. The van der Waals surface area contributed by atoms with Crippen LogP contribution in [0.2, 0.25) is 0 Å². The van der Waals surface area contributed by atoms with Crippen LogP contribution in [-0.2, 0) is 4.74 Å². The Kier molecular flexibility index (Phi) is 6.08. The Balaban J connectivity index is 1.31. The van der Waals surface area contributed by atoms with Crippen LogP contribution in [0.3, 0.4) is 0 Å². The lowest BCUT2D eigenvalue weighted by Gasteiger charge is -2.30. The molecule has 2 aliphatic heterocycles. The van der Waals surface area contributed by atoms with Crippen LogP contribution in [-0.4, -0.2) is 51.9 Å². The van der Waals surface area contributed by atoms with E-state index in [9.17, 15) is 0 Å². The standard InChI is InChI=1S/C23H29N5O2/c1-23(2,3)29-20-15-19(24-11-12-25-20)16-28-13-9-18(10-14-28)22-26-21(27-30-22)17-7-5-4-6-8-17/h4-8,11-12,18H,9-10,13-16H2,1-3H3. The molecule has 0 amide bonds. The first kappa shape index (κ1) is 20.5. The van der Waals surface area contributed by atoms with Crippen LogP contribution in [0, 0.1) is 0 Å². The smallest absolute Gasteiger partial charge is 0.230 e. The average Bonchev–Trinajstić information content (AvgIpc) is 3.12. The largest absolute Gasteiger partial charge is 0.475 e. The van der Waals surface area contributed by atoms with Crippen molar-refractivity contribution in [1.29, 1.82) is 0 Å². The highest BCUT2D eigenvalue weighted by atomic mass is 16.5. The molecular formula is C23H29N5O2. The van der Waals surface area contributed by atoms with Gasteiger partial charge in [-0.3, -0.25) is 9.89 Å². The molecular weight excluding hydrogens is 378 g/mol. The van der Waals surface area contributed by atoms with E-state index in [1.165, 1.54) is 0 Å². The molecule has 1 aromatic heterocycles. The predicted octanol–water partition coefficient (Wildman–Crippen LogP) is 4.45. The van der Waals surface area contributed by atoms with Crippen molar-refractivity contribution in [3.8, 4) is 11.4 Å². The van der Waals surface area contributed by atoms with E-state index in [2.05, 4.69) is 25.0 Å². The second kappa shape index (κ2) is 8.92. The zero-order valence-corrected chi connectivity index (χ0v) is 17.9. The average molecular weight is 408 g/mol. The van der Waals surface area contributed by atoms with Gasteiger partial charge in [0.25, 0.3) is 0 Å². The molecule has 0 atom stereocenters. The van der Waals surface area contributed by atoms with Gasteiger partial charge in [-0.05, 0) is 46.7 Å². The number of ether oxygens (including phenoxy) is 1. The van der Waals surface area contributed by atoms with Crippen molar-refractivity contribution < 1.29 is 9.26 Å². The molecule has 0 spiro atoms. The lowest BCUT2D eigenvalue weighted by Crippen LogP contribution is -2.37. The van der Waals surface area contributed by atoms with E-state index in [-0.39, 0.29) is 5.60 Å². The molecule has 0 N–H and O–H groups in total. The second-order valence-corrected chi connectivity index (χ2v) is 8.78. The summed E-state index contributed by atoms with van der Waals surface area (Å²) in [5, 5.41) is 4.17. The van der Waals surface area contributed by atoms with Gasteiger partial charge < -0.3 is 9.26 Å². The first-order valence-electron chi connectivity index (χ1n) is 10.5. The van der Waals surface area contributed by atoms with E-state index in [1.807, 2.05) is 51.1 Å². The van der Waals surface area contributed by atoms with Gasteiger partial charge in [-0.15, -0.1) is 0 Å². The summed E-state index contributed by atoms with van der Waals surface area (Å²) in [6.45, 7) is 8.88. The van der Waals surface area contributed by atoms with Crippen LogP contribution >= 0.6 is 0 Å². The third-order valence-electron chi connectivity index (χ3n) is 5.14. The van der Waals surface area contributed by atoms with Gasteiger partial charge >= 0.3 is 0 Å². The first-order chi connectivity index (χ1) is 14.5. The Morgan fingerprint density at radius 3 is 2.53 bits per heavy atom. The van der Waals surface area contributed by atoms with Gasteiger partial charge in [-0.1, -0.05) is 35.5 Å². The fraction of sp³-hybridized carbons (Fsp3) is 0.478. The summed E-state index contributed by atoms with van der Waals surface area (Å²) >= 11 is 0. The van der Waals surface area contributed by atoms with E-state index in [1.54, 1.807) is 12.4 Å². The molecule has 1 fully saturated rings. The maximum absolute atomic E-state index is 5.96. The zero-order valence-electron chi connectivity index (χ0n) is 17.9. The summed E-state index contributed by atoms with van der Waals surface area (Å²) in [5.74, 6) is 2.45. The lowest BCUT2D eigenvalue weighted by atomic mass is 9.96. The molecule has 7 nitrogen and oxygen atoms in total. The number of benzene rings is 1. The molecule has 7 heteroatoms. The van der Waals surface area contributed by atoms with Gasteiger partial charge in [0.2, 0.25) is 11.7 Å². The van der Waals surface area contributed by atoms with Gasteiger partial charge in [0.05, 0.1) is 6.42 Å². The number of hydrogen-bond donors (Lipinski definition) is 0. The fourth-order valence-electron chi connectivity index (χ4n) is 3.74. The third-order valence-corrected chi connectivity index (χ3v) is 5.14. The van der Waals surface area contributed by atoms with Crippen LogP contribution in [0.5, 0.6) is 0 Å². The van der Waals surface area contributed by atoms with Crippen LogP contribution < -0.4 is 0 Å². The van der Waals surface area contributed by atoms with Gasteiger partial charge in [0.15, 0.2) is 5.90 Å². The van der Waals surface area contributed by atoms with Gasteiger partial charge in [-0.2, -0.15) is 4.98 Å². The van der Waals surface area contributed by atoms with E-state index >= 15 is 0 Å². The molecule has 3 heterocycles. The van der Waals surface area contributed by atoms with Crippen LogP contribution in [0.25, 0.3) is 11.4 Å². The van der Waals surface area contributed by atoms with Crippen LogP contribution in [0.1, 0.15) is 51.8 Å². The van der Waals surface area contributed by atoms with Crippen molar-refractivity contribution >= 4 is 11.6 Å². The first-order valence-corrected chi connectivity index (χ1v) is 10.5. The number of likely N-dealkylation sites (tertiary alicyclic amines) is 1. The minimum absolute atomic E-state index is 0.261. The number of piperidine rings is 1. The summed E-state index contributed by atoms with van der Waals surface area (Å²) in [6.07, 6.45) is 6.11. The Labute approximate surface area is 177 Å². The lowest BCUT2D eigenvalue weighted by molar-refractivity contribution is 0.114. The number of nitrogens with zero attached hydrogens (tertiary/aromatic N) is 5. The summed E-state index contributed by atoms with van der Waals surface area (Å²) in [7, 11) is 0. The van der Waals surface area contributed by atoms with E-state index < -0.39 is 0 Å². The topological polar surface area (TPSA) is 76.1 Å².